The first-order chi connectivity index (χ1) is 15.3. The molecule has 2 aliphatic rings. The Bertz CT molecular complexity index is 1180. The second kappa shape index (κ2) is 7.55. The number of nitrogens with one attached hydrogen (secondary N) is 1. The number of alkyl halides is 2. The van der Waals surface area contributed by atoms with E-state index in [0.29, 0.717) is 41.9 Å². The molecule has 3 aromatic rings. The molecule has 0 amide bonds. The van der Waals surface area contributed by atoms with E-state index in [9.17, 15) is 8.78 Å². The summed E-state index contributed by atoms with van der Waals surface area (Å²) in [6, 6.07) is 9.50. The average molecular weight is 441 g/mol. The summed E-state index contributed by atoms with van der Waals surface area (Å²) >= 11 is 0. The molecule has 1 aliphatic carbocycles. The molecule has 2 N–H and O–H groups in total. The van der Waals surface area contributed by atoms with Crippen LogP contribution < -0.4 is 14.8 Å². The van der Waals surface area contributed by atoms with Crippen molar-refractivity contribution >= 4 is 16.7 Å². The van der Waals surface area contributed by atoms with Crippen LogP contribution in [0.5, 0.6) is 11.5 Å². The number of rotatable bonds is 5. The topological polar surface area (TPSA) is 76.5 Å². The molecule has 8 heteroatoms. The van der Waals surface area contributed by atoms with E-state index in [1.54, 1.807) is 19.1 Å². The summed E-state index contributed by atoms with van der Waals surface area (Å²) in [5.74, 6) is -0.773. The molecule has 1 saturated carbocycles. The molecule has 6 nitrogen and oxygen atoms in total. The minimum atomic E-state index is -3.29. The molecule has 5 rings (SSSR count). The summed E-state index contributed by atoms with van der Waals surface area (Å²) in [5.41, 5.74) is 1.29. The average Bonchev–Trinajstić information content (AvgIpc) is 3.58. The highest BCUT2D eigenvalue weighted by Gasteiger charge is 2.46. The maximum Gasteiger partial charge on any atom is 0.295 e. The van der Waals surface area contributed by atoms with Crippen LogP contribution in [-0.4, -0.2) is 34.9 Å². The first-order valence-corrected chi connectivity index (χ1v) is 10.7. The minimum absolute atomic E-state index is 0.129. The number of aryl methyl sites for hydroxylation is 1. The molecule has 1 aliphatic heterocycles. The third-order valence-electron chi connectivity index (χ3n) is 6.26. The first kappa shape index (κ1) is 20.9. The van der Waals surface area contributed by atoms with Gasteiger partial charge in [-0.2, -0.15) is 8.78 Å². The number of anilines is 1. The van der Waals surface area contributed by atoms with Gasteiger partial charge in [-0.05, 0) is 44.4 Å². The number of aliphatic hydroxyl groups excluding tert-OH is 1. The Labute approximate surface area is 184 Å². The molecule has 0 unspecified atom stereocenters. The zero-order valence-electron chi connectivity index (χ0n) is 18.0. The van der Waals surface area contributed by atoms with E-state index < -0.39 is 12.5 Å². The lowest BCUT2D eigenvalue weighted by Crippen LogP contribution is -2.19. The van der Waals surface area contributed by atoms with Gasteiger partial charge >= 0.3 is 0 Å². The number of benzene rings is 2. The molecule has 0 bridgehead atoms. The number of nitrogens with zero attached hydrogens (tertiary/aromatic N) is 2. The lowest BCUT2D eigenvalue weighted by atomic mass is 10.0. The monoisotopic (exact) mass is 441 g/mol. The lowest BCUT2D eigenvalue weighted by molar-refractivity contribution is -0.0556. The maximum absolute atomic E-state index is 14.0. The molecular weight excluding hydrogens is 416 g/mol. The van der Waals surface area contributed by atoms with Gasteiger partial charge in [0.2, 0.25) is 0 Å². The normalized spacial score (nSPS) is 17.8. The van der Waals surface area contributed by atoms with Crippen LogP contribution in [-0.2, 0) is 5.92 Å². The molecule has 168 valence electrons. The van der Waals surface area contributed by atoms with Crippen molar-refractivity contribution in [2.45, 2.75) is 38.7 Å². The van der Waals surface area contributed by atoms with Crippen LogP contribution >= 0.6 is 0 Å². The lowest BCUT2D eigenvalue weighted by Gasteiger charge is -2.20. The number of hydrogen-bond acceptors (Lipinski definition) is 6. The predicted octanol–water partition coefficient (Wildman–Crippen LogP) is 4.75. The van der Waals surface area contributed by atoms with Gasteiger partial charge in [-0.25, -0.2) is 9.97 Å². The van der Waals surface area contributed by atoms with E-state index >= 15 is 0 Å². The molecule has 1 fully saturated rings. The Kier molecular flexibility index (Phi) is 4.93. The van der Waals surface area contributed by atoms with Crippen molar-refractivity contribution < 1.29 is 23.4 Å². The highest BCUT2D eigenvalue weighted by molar-refractivity contribution is 5.92. The number of ether oxygens (including phenoxy) is 2. The third-order valence-corrected chi connectivity index (χ3v) is 6.26. The summed E-state index contributed by atoms with van der Waals surface area (Å²) in [4.78, 5) is 9.11. The van der Waals surface area contributed by atoms with Gasteiger partial charge in [0.15, 0.2) is 11.5 Å². The van der Waals surface area contributed by atoms with Gasteiger partial charge in [0.05, 0.1) is 18.7 Å². The number of fused-ring (bicyclic) bond motifs is 2. The van der Waals surface area contributed by atoms with Crippen molar-refractivity contribution in [1.82, 2.24) is 9.97 Å². The summed E-state index contributed by atoms with van der Waals surface area (Å²) in [6.07, 6.45) is 2.22. The number of halogens is 2. The van der Waals surface area contributed by atoms with Crippen molar-refractivity contribution in [2.24, 2.45) is 5.41 Å². The van der Waals surface area contributed by atoms with Crippen LogP contribution in [0.3, 0.4) is 0 Å². The molecule has 1 aromatic heterocycles. The fourth-order valence-corrected chi connectivity index (χ4v) is 3.97. The smallest absolute Gasteiger partial charge is 0.295 e. The second-order valence-corrected chi connectivity index (χ2v) is 8.87. The van der Waals surface area contributed by atoms with Crippen LogP contribution in [0.15, 0.2) is 36.4 Å². The molecular formula is C24H25F2N3O3. The molecule has 1 spiro atoms. The number of aliphatic hydroxyl groups is 1. The van der Waals surface area contributed by atoms with E-state index in [-0.39, 0.29) is 17.0 Å². The first-order valence-electron chi connectivity index (χ1n) is 10.7. The minimum Gasteiger partial charge on any atom is -0.489 e. The SMILES string of the molecule is Cc1nc(N[C@H](C)c2cccc(C(F)(F)CO)c2)c2cc3c(cc2n1)OCC1(CC1)CO3. The van der Waals surface area contributed by atoms with E-state index in [4.69, 9.17) is 14.6 Å². The van der Waals surface area contributed by atoms with Crippen molar-refractivity contribution in [3.63, 3.8) is 0 Å². The van der Waals surface area contributed by atoms with Gasteiger partial charge in [0, 0.05) is 28.5 Å². The van der Waals surface area contributed by atoms with Crippen molar-refractivity contribution in [1.29, 1.82) is 0 Å². The van der Waals surface area contributed by atoms with Crippen LogP contribution in [0.1, 0.15) is 42.8 Å². The molecule has 2 aromatic carbocycles. The quantitative estimate of drug-likeness (QED) is 0.595. The number of hydrogen-bond donors (Lipinski definition) is 2. The van der Waals surface area contributed by atoms with Crippen LogP contribution in [0, 0.1) is 12.3 Å². The van der Waals surface area contributed by atoms with Crippen molar-refractivity contribution in [3.8, 4) is 11.5 Å². The van der Waals surface area contributed by atoms with Gasteiger partial charge in [-0.15, -0.1) is 0 Å². The van der Waals surface area contributed by atoms with Gasteiger partial charge in [0.25, 0.3) is 5.92 Å². The Balaban J connectivity index is 1.48. The second-order valence-electron chi connectivity index (χ2n) is 8.87. The largest absolute Gasteiger partial charge is 0.489 e. The molecule has 32 heavy (non-hydrogen) atoms. The third kappa shape index (κ3) is 3.83. The zero-order valence-corrected chi connectivity index (χ0v) is 18.0. The van der Waals surface area contributed by atoms with E-state index in [2.05, 4.69) is 15.3 Å². The van der Waals surface area contributed by atoms with Crippen LogP contribution in [0.25, 0.3) is 10.9 Å². The predicted molar refractivity (Wildman–Crippen MR) is 116 cm³/mol. The van der Waals surface area contributed by atoms with Gasteiger partial charge in [-0.3, -0.25) is 0 Å². The molecule has 0 radical (unpaired) electrons. The van der Waals surface area contributed by atoms with Gasteiger partial charge in [0.1, 0.15) is 18.2 Å². The van der Waals surface area contributed by atoms with E-state index in [1.165, 1.54) is 12.1 Å². The maximum atomic E-state index is 14.0. The van der Waals surface area contributed by atoms with Crippen molar-refractivity contribution in [3.05, 3.63) is 53.3 Å². The number of aromatic nitrogens is 2. The van der Waals surface area contributed by atoms with E-state index in [0.717, 1.165) is 23.7 Å². The Hall–Kier alpha value is -3.00. The fraction of sp³-hybridized carbons (Fsp3) is 0.417. The summed E-state index contributed by atoms with van der Waals surface area (Å²) < 4.78 is 40.0. The Morgan fingerprint density at radius 3 is 2.53 bits per heavy atom. The zero-order chi connectivity index (χ0) is 22.5. The van der Waals surface area contributed by atoms with Crippen LogP contribution in [0.4, 0.5) is 14.6 Å². The molecule has 0 saturated heterocycles. The summed E-state index contributed by atoms with van der Waals surface area (Å²) in [6.45, 7) is 3.72. The Morgan fingerprint density at radius 1 is 1.12 bits per heavy atom. The van der Waals surface area contributed by atoms with Crippen molar-refractivity contribution in [2.75, 3.05) is 25.1 Å². The Morgan fingerprint density at radius 2 is 1.84 bits per heavy atom. The van der Waals surface area contributed by atoms with Gasteiger partial charge < -0.3 is 19.9 Å². The van der Waals surface area contributed by atoms with E-state index in [1.807, 2.05) is 19.1 Å². The highest BCUT2D eigenvalue weighted by atomic mass is 19.3. The summed E-state index contributed by atoms with van der Waals surface area (Å²) in [5, 5.41) is 13.1. The molecule has 1 atom stereocenters. The standard InChI is InChI=1S/C24H25F2N3O3/c1-14(16-4-3-5-17(8-16)24(25,26)11-30)27-22-18-9-20-21(10-19(18)28-15(2)29-22)32-13-23(6-7-23)12-31-20/h3-5,8-10,14,30H,6-7,11-13H2,1-2H3,(H,27,28,29)/t14-/m1/s1. The molecule has 2 heterocycles. The summed E-state index contributed by atoms with van der Waals surface area (Å²) in [7, 11) is 0. The van der Waals surface area contributed by atoms with Gasteiger partial charge in [-0.1, -0.05) is 18.2 Å². The van der Waals surface area contributed by atoms with Crippen LogP contribution in [0.2, 0.25) is 0 Å². The highest BCUT2D eigenvalue weighted by Crippen LogP contribution is 2.49. The fourth-order valence-electron chi connectivity index (χ4n) is 3.97.